The highest BCUT2D eigenvalue weighted by atomic mass is 35.5. The van der Waals surface area contributed by atoms with E-state index in [1.165, 1.54) is 17.4 Å². The standard InChI is InChI=1S/C22H18ClF5N2O3/c23-17-3-1-2-15-11-30(7-6-16(15)17)20(31)14-4-5-19(18(25)8-14)33-12-13(9-24)10-29-21(32)22(26,27)28/h1-5,8-9H,6-7,10-12H2,(H,29,32)/b13-9+. The van der Waals surface area contributed by atoms with Gasteiger partial charge in [-0.3, -0.25) is 9.59 Å². The van der Waals surface area contributed by atoms with Crippen molar-refractivity contribution in [3.05, 3.63) is 75.8 Å². The number of alkyl halides is 3. The zero-order valence-electron chi connectivity index (χ0n) is 17.0. The van der Waals surface area contributed by atoms with Gasteiger partial charge in [0, 0.05) is 35.8 Å². The summed E-state index contributed by atoms with van der Waals surface area (Å²) in [6.07, 6.45) is -4.58. The molecule has 1 aliphatic rings. The number of hydrogen-bond donors (Lipinski definition) is 1. The first-order valence-electron chi connectivity index (χ1n) is 9.71. The van der Waals surface area contributed by atoms with E-state index in [9.17, 15) is 31.5 Å². The van der Waals surface area contributed by atoms with Crippen LogP contribution in [0.2, 0.25) is 5.02 Å². The molecule has 33 heavy (non-hydrogen) atoms. The number of hydrogen-bond acceptors (Lipinski definition) is 3. The Balaban J connectivity index is 1.60. The van der Waals surface area contributed by atoms with Crippen LogP contribution in [-0.2, 0) is 17.8 Å². The fourth-order valence-corrected chi connectivity index (χ4v) is 3.54. The molecule has 0 aromatic heterocycles. The van der Waals surface area contributed by atoms with Crippen molar-refractivity contribution in [3.8, 4) is 5.75 Å². The largest absolute Gasteiger partial charge is 0.486 e. The van der Waals surface area contributed by atoms with Crippen LogP contribution >= 0.6 is 11.6 Å². The van der Waals surface area contributed by atoms with Crippen LogP contribution in [0.4, 0.5) is 22.0 Å². The lowest BCUT2D eigenvalue weighted by Gasteiger charge is -2.29. The lowest BCUT2D eigenvalue weighted by Crippen LogP contribution is -2.38. The maximum absolute atomic E-state index is 14.4. The van der Waals surface area contributed by atoms with E-state index in [1.54, 1.807) is 17.0 Å². The maximum atomic E-state index is 14.4. The molecular weight excluding hydrogens is 471 g/mol. The summed E-state index contributed by atoms with van der Waals surface area (Å²) in [4.78, 5) is 25.2. The second-order valence-electron chi connectivity index (χ2n) is 7.24. The first kappa shape index (κ1) is 24.5. The summed E-state index contributed by atoms with van der Waals surface area (Å²) in [5.74, 6) is -3.87. The Hall–Kier alpha value is -3.14. The summed E-state index contributed by atoms with van der Waals surface area (Å²) in [6, 6.07) is 8.90. The zero-order valence-corrected chi connectivity index (χ0v) is 17.8. The number of nitrogens with zero attached hydrogens (tertiary/aromatic N) is 1. The summed E-state index contributed by atoms with van der Waals surface area (Å²) >= 11 is 6.18. The average molecular weight is 489 g/mol. The molecular formula is C22H18ClF5N2O3. The lowest BCUT2D eigenvalue weighted by molar-refractivity contribution is -0.173. The van der Waals surface area contributed by atoms with Gasteiger partial charge in [0.05, 0.1) is 6.33 Å². The summed E-state index contributed by atoms with van der Waals surface area (Å²) < 4.78 is 69.0. The molecule has 5 nitrogen and oxygen atoms in total. The highest BCUT2D eigenvalue weighted by molar-refractivity contribution is 6.31. The smallest absolute Gasteiger partial charge is 0.471 e. The van der Waals surface area contributed by atoms with Crippen LogP contribution < -0.4 is 10.1 Å². The molecule has 0 fully saturated rings. The molecule has 1 N–H and O–H groups in total. The number of carbonyl (C=O) groups is 2. The molecule has 1 heterocycles. The fourth-order valence-electron chi connectivity index (χ4n) is 3.26. The van der Waals surface area contributed by atoms with Gasteiger partial charge in [-0.1, -0.05) is 23.7 Å². The number of ether oxygens (including phenoxy) is 1. The molecule has 0 saturated carbocycles. The van der Waals surface area contributed by atoms with Crippen LogP contribution in [0.5, 0.6) is 5.75 Å². The number of nitrogens with one attached hydrogen (secondary N) is 1. The Morgan fingerprint density at radius 3 is 2.64 bits per heavy atom. The normalized spacial score (nSPS) is 14.0. The predicted octanol–water partition coefficient (Wildman–Crippen LogP) is 4.59. The summed E-state index contributed by atoms with van der Waals surface area (Å²) in [5.41, 5.74) is 1.61. The molecule has 3 rings (SSSR count). The van der Waals surface area contributed by atoms with Gasteiger partial charge < -0.3 is 15.0 Å². The van der Waals surface area contributed by atoms with Gasteiger partial charge in [0.2, 0.25) is 0 Å². The van der Waals surface area contributed by atoms with Crippen molar-refractivity contribution in [1.82, 2.24) is 10.2 Å². The van der Waals surface area contributed by atoms with Gasteiger partial charge in [-0.05, 0) is 41.8 Å². The topological polar surface area (TPSA) is 58.6 Å². The van der Waals surface area contributed by atoms with E-state index < -0.39 is 37.0 Å². The minimum Gasteiger partial charge on any atom is -0.486 e. The third kappa shape index (κ3) is 6.01. The van der Waals surface area contributed by atoms with Gasteiger partial charge in [-0.15, -0.1) is 0 Å². The molecule has 0 bridgehead atoms. The highest BCUT2D eigenvalue weighted by Crippen LogP contribution is 2.27. The third-order valence-electron chi connectivity index (χ3n) is 4.98. The molecule has 0 spiro atoms. The minimum atomic E-state index is -5.11. The Kier molecular flexibility index (Phi) is 7.57. The number of benzene rings is 2. The van der Waals surface area contributed by atoms with E-state index in [0.29, 0.717) is 24.5 Å². The summed E-state index contributed by atoms with van der Waals surface area (Å²) in [7, 11) is 0. The van der Waals surface area contributed by atoms with Crippen LogP contribution in [0.1, 0.15) is 21.5 Å². The van der Waals surface area contributed by atoms with E-state index in [-0.39, 0.29) is 23.2 Å². The maximum Gasteiger partial charge on any atom is 0.471 e. The van der Waals surface area contributed by atoms with Crippen LogP contribution in [-0.4, -0.2) is 42.6 Å². The molecule has 11 heteroatoms. The first-order valence-corrected chi connectivity index (χ1v) is 10.1. The van der Waals surface area contributed by atoms with Crippen molar-refractivity contribution < 1.29 is 36.3 Å². The molecule has 2 amide bonds. The molecule has 2 aromatic carbocycles. The van der Waals surface area contributed by atoms with Crippen LogP contribution in [0.3, 0.4) is 0 Å². The monoisotopic (exact) mass is 488 g/mol. The van der Waals surface area contributed by atoms with Gasteiger partial charge >= 0.3 is 12.1 Å². The van der Waals surface area contributed by atoms with Gasteiger partial charge in [0.25, 0.3) is 5.91 Å². The SMILES string of the molecule is O=C(c1ccc(OC/C(=C/F)CNC(=O)C(F)(F)F)c(F)c1)N1CCc2c(Cl)cccc2C1. The van der Waals surface area contributed by atoms with Crippen LogP contribution in [0.25, 0.3) is 0 Å². The lowest BCUT2D eigenvalue weighted by atomic mass is 9.99. The van der Waals surface area contributed by atoms with Gasteiger partial charge in [0.15, 0.2) is 11.6 Å². The predicted molar refractivity (Wildman–Crippen MR) is 110 cm³/mol. The third-order valence-corrected chi connectivity index (χ3v) is 5.33. The van der Waals surface area contributed by atoms with Gasteiger partial charge in [-0.25, -0.2) is 8.78 Å². The molecule has 2 aromatic rings. The summed E-state index contributed by atoms with van der Waals surface area (Å²) in [6.45, 7) is -0.650. The minimum absolute atomic E-state index is 0.0348. The average Bonchev–Trinajstić information content (AvgIpc) is 2.78. The second kappa shape index (κ2) is 10.2. The van der Waals surface area contributed by atoms with Crippen molar-refractivity contribution in [1.29, 1.82) is 0 Å². The Labute approximate surface area is 190 Å². The molecule has 0 atom stereocenters. The van der Waals surface area contributed by atoms with Crippen molar-refractivity contribution in [2.45, 2.75) is 19.1 Å². The van der Waals surface area contributed by atoms with Crippen molar-refractivity contribution >= 4 is 23.4 Å². The highest BCUT2D eigenvalue weighted by Gasteiger charge is 2.38. The Bertz CT molecular complexity index is 1090. The van der Waals surface area contributed by atoms with E-state index in [2.05, 4.69) is 0 Å². The second-order valence-corrected chi connectivity index (χ2v) is 7.64. The molecule has 0 saturated heterocycles. The fraction of sp³-hybridized carbons (Fsp3) is 0.273. The van der Waals surface area contributed by atoms with E-state index in [0.717, 1.165) is 17.2 Å². The van der Waals surface area contributed by atoms with E-state index >= 15 is 0 Å². The quantitative estimate of drug-likeness (QED) is 0.605. The first-order chi connectivity index (χ1) is 15.6. The number of amides is 2. The molecule has 176 valence electrons. The van der Waals surface area contributed by atoms with E-state index in [1.807, 2.05) is 6.07 Å². The summed E-state index contributed by atoms with van der Waals surface area (Å²) in [5, 5.41) is 2.12. The number of rotatable bonds is 6. The molecule has 1 aliphatic heterocycles. The van der Waals surface area contributed by atoms with Crippen LogP contribution in [0, 0.1) is 5.82 Å². The van der Waals surface area contributed by atoms with Crippen molar-refractivity contribution in [3.63, 3.8) is 0 Å². The van der Waals surface area contributed by atoms with Crippen molar-refractivity contribution in [2.75, 3.05) is 19.7 Å². The Morgan fingerprint density at radius 1 is 1.21 bits per heavy atom. The molecule has 0 aliphatic carbocycles. The van der Waals surface area contributed by atoms with E-state index in [4.69, 9.17) is 16.3 Å². The zero-order chi connectivity index (χ0) is 24.2. The molecule has 0 radical (unpaired) electrons. The number of carbonyl (C=O) groups excluding carboxylic acids is 2. The molecule has 0 unspecified atom stereocenters. The Morgan fingerprint density at radius 2 is 1.97 bits per heavy atom. The van der Waals surface area contributed by atoms with Crippen LogP contribution in [0.15, 0.2) is 48.3 Å². The number of halogens is 6. The van der Waals surface area contributed by atoms with Crippen molar-refractivity contribution in [2.24, 2.45) is 0 Å². The number of fused-ring (bicyclic) bond motifs is 1. The van der Waals surface area contributed by atoms with Gasteiger partial charge in [0.1, 0.15) is 6.61 Å². The van der Waals surface area contributed by atoms with Gasteiger partial charge in [-0.2, -0.15) is 13.2 Å².